The number of aryl methyl sites for hydroxylation is 1. The summed E-state index contributed by atoms with van der Waals surface area (Å²) in [4.78, 5) is 28.7. The molecule has 2 fully saturated rings. The van der Waals surface area contributed by atoms with Crippen molar-refractivity contribution in [1.29, 1.82) is 0 Å². The summed E-state index contributed by atoms with van der Waals surface area (Å²) in [5, 5.41) is 3.36. The Balaban J connectivity index is 1.57. The third kappa shape index (κ3) is 5.09. The van der Waals surface area contributed by atoms with Crippen LogP contribution in [0.1, 0.15) is 66.1 Å². The Labute approximate surface area is 195 Å². The molecule has 1 aliphatic carbocycles. The predicted molar refractivity (Wildman–Crippen MR) is 132 cm³/mol. The molecule has 0 bridgehead atoms. The van der Waals surface area contributed by atoms with Crippen LogP contribution in [0, 0.1) is 6.92 Å². The number of carbonyl (C=O) groups is 2. The summed E-state index contributed by atoms with van der Waals surface area (Å²) in [6, 6.07) is 16.2. The summed E-state index contributed by atoms with van der Waals surface area (Å²) in [6.07, 6.45) is 7.58. The van der Waals surface area contributed by atoms with Crippen LogP contribution in [0.2, 0.25) is 0 Å². The van der Waals surface area contributed by atoms with E-state index >= 15 is 0 Å². The van der Waals surface area contributed by atoms with Crippen LogP contribution in [0.4, 0.5) is 0 Å². The van der Waals surface area contributed by atoms with Crippen LogP contribution in [0.3, 0.4) is 0 Å². The fraction of sp³-hybridized carbons (Fsp3) is 0.407. The number of amides is 2. The quantitative estimate of drug-likeness (QED) is 0.589. The molecule has 0 spiro atoms. The number of nitrogens with zero attached hydrogens (tertiary/aromatic N) is 1. The van der Waals surface area contributed by atoms with Gasteiger partial charge in [0.15, 0.2) is 0 Å². The first kappa shape index (κ1) is 22.7. The van der Waals surface area contributed by atoms with Crippen LogP contribution < -0.4 is 5.32 Å². The molecule has 1 N–H and O–H groups in total. The van der Waals surface area contributed by atoms with Gasteiger partial charge in [0, 0.05) is 29.9 Å². The predicted octanol–water partition coefficient (Wildman–Crippen LogP) is 5.56. The molecule has 1 aliphatic heterocycles. The van der Waals surface area contributed by atoms with Gasteiger partial charge < -0.3 is 10.2 Å². The van der Waals surface area contributed by atoms with Gasteiger partial charge in [-0.1, -0.05) is 56.2 Å². The fourth-order valence-electron chi connectivity index (χ4n) is 4.56. The van der Waals surface area contributed by atoms with Crippen molar-refractivity contribution in [1.82, 2.24) is 10.2 Å². The zero-order valence-corrected chi connectivity index (χ0v) is 19.8. The van der Waals surface area contributed by atoms with Crippen molar-refractivity contribution in [3.05, 3.63) is 75.7 Å². The second-order valence-electron chi connectivity index (χ2n) is 8.75. The Morgan fingerprint density at radius 1 is 1.12 bits per heavy atom. The monoisotopic (exact) mass is 448 g/mol. The van der Waals surface area contributed by atoms with E-state index in [9.17, 15) is 9.59 Å². The normalized spacial score (nSPS) is 22.0. The summed E-state index contributed by atoms with van der Waals surface area (Å²) >= 11 is 1.75. The zero-order chi connectivity index (χ0) is 22.5. The Morgan fingerprint density at radius 3 is 2.62 bits per heavy atom. The van der Waals surface area contributed by atoms with E-state index < -0.39 is 0 Å². The molecular weight excluding hydrogens is 416 g/mol. The van der Waals surface area contributed by atoms with Crippen LogP contribution in [0.5, 0.6) is 0 Å². The van der Waals surface area contributed by atoms with Gasteiger partial charge in [0.25, 0.3) is 11.8 Å². The Kier molecular flexibility index (Phi) is 7.36. The van der Waals surface area contributed by atoms with Crippen molar-refractivity contribution >= 4 is 29.7 Å². The minimum absolute atomic E-state index is 0.0522. The minimum Gasteiger partial charge on any atom is -0.352 e. The van der Waals surface area contributed by atoms with E-state index in [0.29, 0.717) is 29.9 Å². The van der Waals surface area contributed by atoms with Gasteiger partial charge in [-0.3, -0.25) is 9.59 Å². The van der Waals surface area contributed by atoms with Crippen LogP contribution in [-0.2, 0) is 11.3 Å². The molecule has 2 aliphatic rings. The SMILES string of the molecule is CCCNC(=O)c1ccc(/C=C2/SC3CCCCC3N(Cc3ccccc3C)C2=O)cc1. The summed E-state index contributed by atoms with van der Waals surface area (Å²) in [5.74, 6) is 0.0785. The van der Waals surface area contributed by atoms with E-state index in [1.54, 1.807) is 11.8 Å². The largest absolute Gasteiger partial charge is 0.352 e. The summed E-state index contributed by atoms with van der Waals surface area (Å²) in [6.45, 7) is 5.50. The van der Waals surface area contributed by atoms with Crippen molar-refractivity contribution in [2.45, 2.75) is 63.8 Å². The van der Waals surface area contributed by atoms with Crippen LogP contribution >= 0.6 is 11.8 Å². The van der Waals surface area contributed by atoms with Crippen molar-refractivity contribution in [2.24, 2.45) is 0 Å². The lowest BCUT2D eigenvalue weighted by Gasteiger charge is -2.44. The molecule has 1 saturated heterocycles. The maximum atomic E-state index is 13.6. The van der Waals surface area contributed by atoms with Gasteiger partial charge in [-0.25, -0.2) is 0 Å². The first-order chi connectivity index (χ1) is 15.6. The highest BCUT2D eigenvalue weighted by Gasteiger charge is 2.40. The average Bonchev–Trinajstić information content (AvgIpc) is 2.82. The summed E-state index contributed by atoms with van der Waals surface area (Å²) < 4.78 is 0. The number of rotatable bonds is 6. The smallest absolute Gasteiger partial charge is 0.260 e. The number of carbonyl (C=O) groups excluding carboxylic acids is 2. The highest BCUT2D eigenvalue weighted by molar-refractivity contribution is 8.04. The van der Waals surface area contributed by atoms with E-state index in [4.69, 9.17) is 0 Å². The molecule has 1 heterocycles. The third-order valence-electron chi connectivity index (χ3n) is 6.43. The molecule has 2 aromatic rings. The molecular formula is C27H32N2O2S. The number of fused-ring (bicyclic) bond motifs is 1. The Hall–Kier alpha value is -2.53. The number of nitrogens with one attached hydrogen (secondary N) is 1. The molecule has 168 valence electrons. The van der Waals surface area contributed by atoms with Crippen LogP contribution in [-0.4, -0.2) is 34.6 Å². The third-order valence-corrected chi connectivity index (χ3v) is 7.83. The number of benzene rings is 2. The van der Waals surface area contributed by atoms with Crippen molar-refractivity contribution < 1.29 is 9.59 Å². The van der Waals surface area contributed by atoms with Crippen molar-refractivity contribution in [3.8, 4) is 0 Å². The minimum atomic E-state index is -0.0522. The van der Waals surface area contributed by atoms with Crippen LogP contribution in [0.15, 0.2) is 53.4 Å². The molecule has 2 aromatic carbocycles. The van der Waals surface area contributed by atoms with Gasteiger partial charge in [0.1, 0.15) is 0 Å². The second kappa shape index (κ2) is 10.4. The summed E-state index contributed by atoms with van der Waals surface area (Å²) in [5.41, 5.74) is 4.06. The first-order valence-corrected chi connectivity index (χ1v) is 12.6. The number of hydrogen-bond acceptors (Lipinski definition) is 3. The molecule has 0 radical (unpaired) electrons. The molecule has 2 atom stereocenters. The topological polar surface area (TPSA) is 49.4 Å². The average molecular weight is 449 g/mol. The van der Waals surface area contributed by atoms with Gasteiger partial charge >= 0.3 is 0 Å². The highest BCUT2D eigenvalue weighted by atomic mass is 32.2. The fourth-order valence-corrected chi connectivity index (χ4v) is 6.03. The summed E-state index contributed by atoms with van der Waals surface area (Å²) in [7, 11) is 0. The van der Waals surface area contributed by atoms with Gasteiger partial charge in [0.05, 0.1) is 4.91 Å². The lowest BCUT2D eigenvalue weighted by atomic mass is 9.92. The van der Waals surface area contributed by atoms with Crippen molar-refractivity contribution in [3.63, 3.8) is 0 Å². The van der Waals surface area contributed by atoms with E-state index in [-0.39, 0.29) is 11.8 Å². The highest BCUT2D eigenvalue weighted by Crippen LogP contribution is 2.42. The lowest BCUT2D eigenvalue weighted by molar-refractivity contribution is -0.130. The molecule has 5 heteroatoms. The van der Waals surface area contributed by atoms with Gasteiger partial charge in [0.2, 0.25) is 0 Å². The zero-order valence-electron chi connectivity index (χ0n) is 19.0. The molecule has 2 amide bonds. The Morgan fingerprint density at radius 2 is 1.88 bits per heavy atom. The second-order valence-corrected chi connectivity index (χ2v) is 10.0. The molecule has 4 rings (SSSR count). The lowest BCUT2D eigenvalue weighted by Crippen LogP contribution is -2.50. The molecule has 0 aromatic heterocycles. The van der Waals surface area contributed by atoms with Gasteiger partial charge in [-0.15, -0.1) is 11.8 Å². The van der Waals surface area contributed by atoms with Gasteiger partial charge in [-0.2, -0.15) is 0 Å². The van der Waals surface area contributed by atoms with E-state index in [2.05, 4.69) is 35.3 Å². The first-order valence-electron chi connectivity index (χ1n) is 11.7. The molecule has 32 heavy (non-hydrogen) atoms. The molecule has 1 saturated carbocycles. The van der Waals surface area contributed by atoms with E-state index in [1.165, 1.54) is 24.0 Å². The maximum absolute atomic E-state index is 13.6. The molecule has 2 unspecified atom stereocenters. The number of thioether (sulfide) groups is 1. The van der Waals surface area contributed by atoms with E-state index in [0.717, 1.165) is 29.7 Å². The molecule has 4 nitrogen and oxygen atoms in total. The number of hydrogen-bond donors (Lipinski definition) is 1. The standard InChI is InChI=1S/C27H32N2O2S/c1-3-16-28-26(30)21-14-12-20(13-15-21)17-25-27(31)29(18-22-9-5-4-8-19(22)2)23-10-6-7-11-24(23)32-25/h4-5,8-9,12-15,17,23-24H,3,6-7,10-11,16,18H2,1-2H3,(H,28,30)/b25-17+. The maximum Gasteiger partial charge on any atom is 0.260 e. The van der Waals surface area contributed by atoms with Gasteiger partial charge in [-0.05, 0) is 61.1 Å². The van der Waals surface area contributed by atoms with Crippen LogP contribution in [0.25, 0.3) is 6.08 Å². The van der Waals surface area contributed by atoms with Crippen molar-refractivity contribution in [2.75, 3.05) is 6.54 Å². The van der Waals surface area contributed by atoms with E-state index in [1.807, 2.05) is 43.3 Å². The Bertz CT molecular complexity index is 999.